The molecule has 0 spiro atoms. The minimum absolute atomic E-state index is 0.538. The number of hydrogen-bond donors (Lipinski definition) is 1. The van der Waals surface area contributed by atoms with Crippen molar-refractivity contribution in [2.24, 2.45) is 7.05 Å². The first kappa shape index (κ1) is 12.7. The molecule has 0 saturated carbocycles. The molecule has 15 heavy (non-hydrogen) atoms. The van der Waals surface area contributed by atoms with Crippen LogP contribution >= 0.6 is 15.9 Å². The molecule has 0 bridgehead atoms. The summed E-state index contributed by atoms with van der Waals surface area (Å²) in [4.78, 5) is 0. The molecule has 0 aliphatic rings. The molecule has 0 aromatic carbocycles. The van der Waals surface area contributed by atoms with Gasteiger partial charge in [0.25, 0.3) is 0 Å². The largest absolute Gasteiger partial charge is 0.317 e. The Morgan fingerprint density at radius 1 is 1.53 bits per heavy atom. The van der Waals surface area contributed by atoms with Gasteiger partial charge in [0.1, 0.15) is 0 Å². The molecule has 86 valence electrons. The van der Waals surface area contributed by atoms with Crippen LogP contribution in [0.3, 0.4) is 0 Å². The fourth-order valence-corrected chi connectivity index (χ4v) is 2.47. The second-order valence-electron chi connectivity index (χ2n) is 3.94. The van der Waals surface area contributed by atoms with E-state index in [0.717, 1.165) is 24.0 Å². The molecule has 0 aliphatic heterocycles. The number of aryl methyl sites for hydroxylation is 1. The first-order chi connectivity index (χ1) is 7.16. The molecule has 1 atom stereocenters. The summed E-state index contributed by atoms with van der Waals surface area (Å²) in [6, 6.07) is 0. The van der Waals surface area contributed by atoms with E-state index in [-0.39, 0.29) is 0 Å². The first-order valence-electron chi connectivity index (χ1n) is 5.55. The quantitative estimate of drug-likeness (QED) is 0.808. The van der Waals surface area contributed by atoms with Crippen LogP contribution in [-0.2, 0) is 7.05 Å². The first-order valence-corrected chi connectivity index (χ1v) is 6.34. The minimum Gasteiger partial charge on any atom is -0.317 e. The van der Waals surface area contributed by atoms with Crippen molar-refractivity contribution < 1.29 is 0 Å². The van der Waals surface area contributed by atoms with Crippen molar-refractivity contribution in [1.82, 2.24) is 15.1 Å². The fourth-order valence-electron chi connectivity index (χ4n) is 1.73. The van der Waals surface area contributed by atoms with Crippen LogP contribution in [0.25, 0.3) is 0 Å². The van der Waals surface area contributed by atoms with Gasteiger partial charge in [-0.05, 0) is 41.9 Å². The summed E-state index contributed by atoms with van der Waals surface area (Å²) in [7, 11) is 2.00. The zero-order chi connectivity index (χ0) is 11.3. The predicted octanol–water partition coefficient (Wildman–Crippen LogP) is 2.68. The van der Waals surface area contributed by atoms with Crippen LogP contribution in [-0.4, -0.2) is 22.9 Å². The van der Waals surface area contributed by atoms with E-state index in [1.807, 2.05) is 17.9 Å². The van der Waals surface area contributed by atoms with Crippen LogP contribution in [0.1, 0.15) is 38.3 Å². The number of rotatable bonds is 6. The van der Waals surface area contributed by atoms with Crippen molar-refractivity contribution in [2.45, 2.75) is 32.6 Å². The van der Waals surface area contributed by atoms with Crippen molar-refractivity contribution in [2.75, 3.05) is 13.1 Å². The van der Waals surface area contributed by atoms with Crippen LogP contribution in [0.4, 0.5) is 0 Å². The Kier molecular flexibility index (Phi) is 5.32. The van der Waals surface area contributed by atoms with Gasteiger partial charge in [-0.15, -0.1) is 0 Å². The van der Waals surface area contributed by atoms with Crippen molar-refractivity contribution >= 4 is 15.9 Å². The minimum atomic E-state index is 0.538. The Morgan fingerprint density at radius 2 is 2.27 bits per heavy atom. The molecule has 1 N–H and O–H groups in total. The van der Waals surface area contributed by atoms with E-state index in [9.17, 15) is 0 Å². The molecule has 0 saturated heterocycles. The predicted molar refractivity (Wildman–Crippen MR) is 67.1 cm³/mol. The van der Waals surface area contributed by atoms with Crippen molar-refractivity contribution in [1.29, 1.82) is 0 Å². The summed E-state index contributed by atoms with van der Waals surface area (Å²) in [6.45, 7) is 6.62. The Morgan fingerprint density at radius 3 is 2.80 bits per heavy atom. The summed E-state index contributed by atoms with van der Waals surface area (Å²) in [6.07, 6.45) is 4.22. The number of hydrogen-bond acceptors (Lipinski definition) is 2. The lowest BCUT2D eigenvalue weighted by atomic mass is 10.0. The molecule has 4 heteroatoms. The standard InChI is InChI=1S/C11H20BrN3/c1-4-6-13-7-5-9(2)11-10(12)8-14-15(11)3/h8-9,13H,4-7H2,1-3H3. The van der Waals surface area contributed by atoms with Gasteiger partial charge in [0.15, 0.2) is 0 Å². The van der Waals surface area contributed by atoms with E-state index in [4.69, 9.17) is 0 Å². The third kappa shape index (κ3) is 3.61. The fraction of sp³-hybridized carbons (Fsp3) is 0.727. The summed E-state index contributed by atoms with van der Waals surface area (Å²) < 4.78 is 3.07. The van der Waals surface area contributed by atoms with Gasteiger partial charge in [0.05, 0.1) is 16.4 Å². The lowest BCUT2D eigenvalue weighted by Gasteiger charge is -2.13. The molecular weight excluding hydrogens is 254 g/mol. The van der Waals surface area contributed by atoms with Gasteiger partial charge in [0.2, 0.25) is 0 Å². The van der Waals surface area contributed by atoms with E-state index in [1.165, 1.54) is 12.1 Å². The number of aromatic nitrogens is 2. The molecule has 1 rings (SSSR count). The highest BCUT2D eigenvalue weighted by molar-refractivity contribution is 9.10. The molecule has 1 heterocycles. The van der Waals surface area contributed by atoms with Gasteiger partial charge in [-0.25, -0.2) is 0 Å². The third-order valence-electron chi connectivity index (χ3n) is 2.59. The summed E-state index contributed by atoms with van der Waals surface area (Å²) in [5.41, 5.74) is 1.29. The van der Waals surface area contributed by atoms with Crippen LogP contribution < -0.4 is 5.32 Å². The van der Waals surface area contributed by atoms with E-state index in [0.29, 0.717) is 5.92 Å². The number of halogens is 1. The maximum Gasteiger partial charge on any atom is 0.0635 e. The molecule has 0 radical (unpaired) electrons. The van der Waals surface area contributed by atoms with Gasteiger partial charge >= 0.3 is 0 Å². The molecule has 1 aromatic heterocycles. The zero-order valence-electron chi connectivity index (χ0n) is 9.76. The normalized spacial score (nSPS) is 13.1. The smallest absolute Gasteiger partial charge is 0.0635 e. The van der Waals surface area contributed by atoms with Gasteiger partial charge in [-0.1, -0.05) is 13.8 Å². The monoisotopic (exact) mass is 273 g/mol. The maximum atomic E-state index is 4.23. The van der Waals surface area contributed by atoms with E-state index in [1.54, 1.807) is 0 Å². The highest BCUT2D eigenvalue weighted by atomic mass is 79.9. The average Bonchev–Trinajstić information content (AvgIpc) is 2.53. The third-order valence-corrected chi connectivity index (χ3v) is 3.20. The van der Waals surface area contributed by atoms with E-state index >= 15 is 0 Å². The summed E-state index contributed by atoms with van der Waals surface area (Å²) in [5.74, 6) is 0.538. The van der Waals surface area contributed by atoms with Crippen LogP contribution in [0.2, 0.25) is 0 Å². The highest BCUT2D eigenvalue weighted by Crippen LogP contribution is 2.25. The van der Waals surface area contributed by atoms with Crippen molar-refractivity contribution in [3.63, 3.8) is 0 Å². The maximum absolute atomic E-state index is 4.23. The van der Waals surface area contributed by atoms with Crippen molar-refractivity contribution in [3.05, 3.63) is 16.4 Å². The highest BCUT2D eigenvalue weighted by Gasteiger charge is 2.13. The van der Waals surface area contributed by atoms with Crippen LogP contribution in [0, 0.1) is 0 Å². The second-order valence-corrected chi connectivity index (χ2v) is 4.80. The zero-order valence-corrected chi connectivity index (χ0v) is 11.3. The SMILES string of the molecule is CCCNCCC(C)c1c(Br)cnn1C. The summed E-state index contributed by atoms with van der Waals surface area (Å²) in [5, 5.41) is 7.65. The van der Waals surface area contributed by atoms with Crippen molar-refractivity contribution in [3.8, 4) is 0 Å². The van der Waals surface area contributed by atoms with E-state index < -0.39 is 0 Å². The molecule has 3 nitrogen and oxygen atoms in total. The molecule has 1 aromatic rings. The lowest BCUT2D eigenvalue weighted by molar-refractivity contribution is 0.557. The Labute approximate surface area is 100 Å². The van der Waals surface area contributed by atoms with Gasteiger partial charge in [-0.2, -0.15) is 5.10 Å². The molecule has 0 amide bonds. The number of nitrogens with zero attached hydrogens (tertiary/aromatic N) is 2. The molecular formula is C11H20BrN3. The Hall–Kier alpha value is -0.350. The summed E-state index contributed by atoms with van der Waals surface area (Å²) >= 11 is 3.54. The van der Waals surface area contributed by atoms with Crippen LogP contribution in [0.5, 0.6) is 0 Å². The average molecular weight is 274 g/mol. The van der Waals surface area contributed by atoms with E-state index in [2.05, 4.69) is 40.2 Å². The second kappa shape index (κ2) is 6.28. The Balaban J connectivity index is 2.43. The lowest BCUT2D eigenvalue weighted by Crippen LogP contribution is -2.18. The Bertz CT molecular complexity index is 277. The molecule has 0 aliphatic carbocycles. The number of nitrogens with one attached hydrogen (secondary N) is 1. The van der Waals surface area contributed by atoms with Gasteiger partial charge < -0.3 is 5.32 Å². The topological polar surface area (TPSA) is 29.9 Å². The van der Waals surface area contributed by atoms with Crippen LogP contribution in [0.15, 0.2) is 10.7 Å². The van der Waals surface area contributed by atoms with Gasteiger partial charge in [0, 0.05) is 13.0 Å². The molecule has 1 unspecified atom stereocenters. The van der Waals surface area contributed by atoms with Gasteiger partial charge in [-0.3, -0.25) is 4.68 Å². The molecule has 0 fully saturated rings.